The van der Waals surface area contributed by atoms with Crippen LogP contribution in [0.25, 0.3) is 0 Å². The summed E-state index contributed by atoms with van der Waals surface area (Å²) in [5, 5.41) is 3.09. The van der Waals surface area contributed by atoms with Crippen molar-refractivity contribution in [2.24, 2.45) is 0 Å². The summed E-state index contributed by atoms with van der Waals surface area (Å²) in [5.41, 5.74) is 4.45. The van der Waals surface area contributed by atoms with Crippen molar-refractivity contribution in [1.29, 1.82) is 0 Å². The third-order valence-corrected chi connectivity index (χ3v) is 5.42. The second kappa shape index (κ2) is 7.19. The standard InChI is InChI=1S/C24H27N3O/c1-24(2,3)19-11-13-20(14-12-19)25-23(28)27-17-16-26-15-7-10-21(26)22(27)18-8-5-4-6-9-18/h4-15,22H,16-17H2,1-3H3,(H,25,28)/t22-/m0/s1. The first-order valence-electron chi connectivity index (χ1n) is 9.81. The molecule has 2 heterocycles. The largest absolute Gasteiger partial charge is 0.348 e. The highest BCUT2D eigenvalue weighted by molar-refractivity contribution is 5.90. The summed E-state index contributed by atoms with van der Waals surface area (Å²) in [4.78, 5) is 15.1. The molecule has 1 aromatic heterocycles. The van der Waals surface area contributed by atoms with E-state index in [0.717, 1.165) is 23.5 Å². The van der Waals surface area contributed by atoms with Crippen LogP contribution in [0.15, 0.2) is 72.9 Å². The molecular weight excluding hydrogens is 346 g/mol. The van der Waals surface area contributed by atoms with Crippen LogP contribution in [-0.4, -0.2) is 22.0 Å². The molecule has 0 saturated heterocycles. The first kappa shape index (κ1) is 18.4. The molecule has 144 valence electrons. The van der Waals surface area contributed by atoms with E-state index >= 15 is 0 Å². The van der Waals surface area contributed by atoms with Crippen molar-refractivity contribution in [2.45, 2.75) is 38.8 Å². The number of aromatic nitrogens is 1. The smallest absolute Gasteiger partial charge is 0.322 e. The fourth-order valence-electron chi connectivity index (χ4n) is 3.84. The van der Waals surface area contributed by atoms with Crippen LogP contribution in [0.3, 0.4) is 0 Å². The number of carbonyl (C=O) groups is 1. The van der Waals surface area contributed by atoms with Crippen molar-refractivity contribution in [3.63, 3.8) is 0 Å². The number of rotatable bonds is 2. The zero-order valence-electron chi connectivity index (χ0n) is 16.7. The third kappa shape index (κ3) is 3.55. The van der Waals surface area contributed by atoms with E-state index in [1.54, 1.807) is 0 Å². The number of hydrogen-bond acceptors (Lipinski definition) is 1. The molecule has 0 bridgehead atoms. The number of urea groups is 1. The molecule has 1 N–H and O–H groups in total. The summed E-state index contributed by atoms with van der Waals surface area (Å²) in [6.07, 6.45) is 2.09. The summed E-state index contributed by atoms with van der Waals surface area (Å²) in [6, 6.07) is 22.4. The van der Waals surface area contributed by atoms with Gasteiger partial charge in [0.15, 0.2) is 0 Å². The molecule has 1 aliphatic rings. The highest BCUT2D eigenvalue weighted by Gasteiger charge is 2.32. The Balaban J connectivity index is 1.59. The average Bonchev–Trinajstić information content (AvgIpc) is 3.16. The fourth-order valence-corrected chi connectivity index (χ4v) is 3.84. The lowest BCUT2D eigenvalue weighted by Gasteiger charge is -2.37. The Hall–Kier alpha value is -3.01. The van der Waals surface area contributed by atoms with Crippen LogP contribution in [0.1, 0.15) is 43.6 Å². The summed E-state index contributed by atoms with van der Waals surface area (Å²) >= 11 is 0. The molecule has 0 radical (unpaired) electrons. The molecule has 3 aromatic rings. The average molecular weight is 374 g/mol. The maximum Gasteiger partial charge on any atom is 0.322 e. The van der Waals surface area contributed by atoms with Gasteiger partial charge in [-0.2, -0.15) is 0 Å². The molecule has 2 amide bonds. The highest BCUT2D eigenvalue weighted by Crippen LogP contribution is 2.33. The number of carbonyl (C=O) groups excluding carboxylic acids is 1. The minimum atomic E-state index is -0.0844. The lowest BCUT2D eigenvalue weighted by molar-refractivity contribution is 0.182. The number of amides is 2. The van der Waals surface area contributed by atoms with E-state index in [2.05, 4.69) is 73.3 Å². The van der Waals surface area contributed by atoms with Gasteiger partial charge < -0.3 is 14.8 Å². The lowest BCUT2D eigenvalue weighted by atomic mass is 9.87. The maximum absolute atomic E-state index is 13.2. The Morgan fingerprint density at radius 1 is 0.929 bits per heavy atom. The normalized spacial score (nSPS) is 16.5. The van der Waals surface area contributed by atoms with Gasteiger partial charge in [-0.3, -0.25) is 0 Å². The molecule has 4 heteroatoms. The second-order valence-electron chi connectivity index (χ2n) is 8.39. The first-order chi connectivity index (χ1) is 13.4. The molecule has 4 rings (SSSR count). The van der Waals surface area contributed by atoms with E-state index in [1.165, 1.54) is 5.56 Å². The van der Waals surface area contributed by atoms with Crippen molar-refractivity contribution in [1.82, 2.24) is 9.47 Å². The van der Waals surface area contributed by atoms with Crippen molar-refractivity contribution in [3.05, 3.63) is 89.7 Å². The number of hydrogen-bond donors (Lipinski definition) is 1. The minimum Gasteiger partial charge on any atom is -0.348 e. The van der Waals surface area contributed by atoms with Crippen LogP contribution in [0.5, 0.6) is 0 Å². The van der Waals surface area contributed by atoms with Gasteiger partial charge >= 0.3 is 6.03 Å². The van der Waals surface area contributed by atoms with Gasteiger partial charge in [-0.1, -0.05) is 63.2 Å². The van der Waals surface area contributed by atoms with Gasteiger partial charge in [-0.25, -0.2) is 4.79 Å². The monoisotopic (exact) mass is 373 g/mol. The number of benzene rings is 2. The van der Waals surface area contributed by atoms with Crippen LogP contribution in [0.4, 0.5) is 10.5 Å². The van der Waals surface area contributed by atoms with Crippen LogP contribution in [0, 0.1) is 0 Å². The molecule has 1 atom stereocenters. The van der Waals surface area contributed by atoms with Gasteiger partial charge in [-0.05, 0) is 40.8 Å². The fraction of sp³-hybridized carbons (Fsp3) is 0.292. The summed E-state index contributed by atoms with van der Waals surface area (Å²) < 4.78 is 2.24. The Bertz CT molecular complexity index is 952. The minimum absolute atomic E-state index is 0.0650. The van der Waals surface area contributed by atoms with Crippen molar-refractivity contribution < 1.29 is 4.79 Å². The van der Waals surface area contributed by atoms with Gasteiger partial charge in [-0.15, -0.1) is 0 Å². The number of anilines is 1. The van der Waals surface area contributed by atoms with Crippen LogP contribution >= 0.6 is 0 Å². The Morgan fingerprint density at radius 2 is 1.64 bits per heavy atom. The quantitative estimate of drug-likeness (QED) is 0.639. The van der Waals surface area contributed by atoms with E-state index in [9.17, 15) is 4.79 Å². The zero-order valence-corrected chi connectivity index (χ0v) is 16.7. The van der Waals surface area contributed by atoms with Gasteiger partial charge in [0.25, 0.3) is 0 Å². The van der Waals surface area contributed by atoms with Crippen LogP contribution in [-0.2, 0) is 12.0 Å². The van der Waals surface area contributed by atoms with Crippen LogP contribution < -0.4 is 5.32 Å². The number of nitrogens with one attached hydrogen (secondary N) is 1. The molecule has 28 heavy (non-hydrogen) atoms. The maximum atomic E-state index is 13.2. The molecule has 0 fully saturated rings. The van der Waals surface area contributed by atoms with Gasteiger partial charge in [0, 0.05) is 30.7 Å². The van der Waals surface area contributed by atoms with E-state index in [1.807, 2.05) is 35.2 Å². The van der Waals surface area contributed by atoms with E-state index in [-0.39, 0.29) is 17.5 Å². The molecule has 2 aromatic carbocycles. The first-order valence-corrected chi connectivity index (χ1v) is 9.81. The number of fused-ring (bicyclic) bond motifs is 1. The predicted octanol–water partition coefficient (Wildman–Crippen LogP) is 5.42. The molecule has 0 unspecified atom stereocenters. The van der Waals surface area contributed by atoms with Crippen molar-refractivity contribution in [2.75, 3.05) is 11.9 Å². The molecule has 1 aliphatic heterocycles. The summed E-state index contributed by atoms with van der Waals surface area (Å²) in [6.45, 7) is 8.05. The summed E-state index contributed by atoms with van der Waals surface area (Å²) in [5.74, 6) is 0. The van der Waals surface area contributed by atoms with Crippen molar-refractivity contribution in [3.8, 4) is 0 Å². The molecule has 0 aliphatic carbocycles. The number of nitrogens with zero attached hydrogens (tertiary/aromatic N) is 2. The van der Waals surface area contributed by atoms with Crippen molar-refractivity contribution >= 4 is 11.7 Å². The van der Waals surface area contributed by atoms with Crippen LogP contribution in [0.2, 0.25) is 0 Å². The highest BCUT2D eigenvalue weighted by atomic mass is 16.2. The summed E-state index contributed by atoms with van der Waals surface area (Å²) in [7, 11) is 0. The Kier molecular flexibility index (Phi) is 4.71. The molecule has 4 nitrogen and oxygen atoms in total. The van der Waals surface area contributed by atoms with Gasteiger partial charge in [0.05, 0.1) is 6.04 Å². The molecule has 0 spiro atoms. The van der Waals surface area contributed by atoms with Gasteiger partial charge in [0.2, 0.25) is 0 Å². The SMILES string of the molecule is CC(C)(C)c1ccc(NC(=O)N2CCn3cccc3[C@@H]2c2ccccc2)cc1. The lowest BCUT2D eigenvalue weighted by Crippen LogP contribution is -2.44. The third-order valence-electron chi connectivity index (χ3n) is 5.42. The second-order valence-corrected chi connectivity index (χ2v) is 8.39. The Labute approximate surface area is 166 Å². The van der Waals surface area contributed by atoms with Gasteiger partial charge in [0.1, 0.15) is 0 Å². The van der Waals surface area contributed by atoms with E-state index in [4.69, 9.17) is 0 Å². The zero-order chi connectivity index (χ0) is 19.7. The Morgan fingerprint density at radius 3 is 2.32 bits per heavy atom. The molecule has 0 saturated carbocycles. The topological polar surface area (TPSA) is 37.3 Å². The van der Waals surface area contributed by atoms with E-state index in [0.29, 0.717) is 6.54 Å². The van der Waals surface area contributed by atoms with E-state index < -0.39 is 0 Å². The molecular formula is C24H27N3O. The predicted molar refractivity (Wildman–Crippen MR) is 114 cm³/mol.